The number of hydrogen-bond acceptors (Lipinski definition) is 4. The lowest BCUT2D eigenvalue weighted by molar-refractivity contribution is -0.378. The summed E-state index contributed by atoms with van der Waals surface area (Å²) in [6.07, 6.45) is 3.34. The molecule has 1 aromatic carbocycles. The third kappa shape index (κ3) is 4.61. The second-order valence-corrected chi connectivity index (χ2v) is 4.94. The van der Waals surface area contributed by atoms with Crippen molar-refractivity contribution in [1.29, 1.82) is 0 Å². The summed E-state index contributed by atoms with van der Waals surface area (Å²) in [4.78, 5) is 19.0. The van der Waals surface area contributed by atoms with Gasteiger partial charge in [0.05, 0.1) is 5.02 Å². The zero-order valence-corrected chi connectivity index (χ0v) is 12.8. The highest BCUT2D eigenvalue weighted by atomic mass is 35.5. The Morgan fingerprint density at radius 1 is 1.23 bits per heavy atom. The quantitative estimate of drug-likeness (QED) is 0.390. The van der Waals surface area contributed by atoms with Crippen LogP contribution in [-0.4, -0.2) is 18.4 Å². The molecule has 1 heterocycles. The van der Waals surface area contributed by atoms with Crippen molar-refractivity contribution in [1.82, 2.24) is 0 Å². The summed E-state index contributed by atoms with van der Waals surface area (Å²) in [7, 11) is 0. The van der Waals surface area contributed by atoms with Crippen LogP contribution >= 0.6 is 23.2 Å². The highest BCUT2D eigenvalue weighted by Crippen LogP contribution is 2.27. The van der Waals surface area contributed by atoms with Crippen LogP contribution in [0.4, 0.5) is 0 Å². The van der Waals surface area contributed by atoms with Crippen molar-refractivity contribution >= 4 is 35.0 Å². The molecule has 114 valence electrons. The number of nitrogens with two attached hydrogens (primary N) is 1. The summed E-state index contributed by atoms with van der Waals surface area (Å²) in [5.74, 6) is -0.318. The summed E-state index contributed by atoms with van der Waals surface area (Å²) < 4.78 is 5.21. The van der Waals surface area contributed by atoms with Crippen LogP contribution in [-0.2, 0) is 9.63 Å². The molecule has 0 aliphatic heterocycles. The molecular weight excluding hydrogens is 329 g/mol. The number of carbonyl (C=O) groups is 1. The van der Waals surface area contributed by atoms with E-state index < -0.39 is 5.97 Å². The molecular formula is C14H12Cl2N3O3+. The Morgan fingerprint density at radius 2 is 1.95 bits per heavy atom. The van der Waals surface area contributed by atoms with Crippen molar-refractivity contribution < 1.29 is 19.4 Å². The van der Waals surface area contributed by atoms with Gasteiger partial charge in [0.1, 0.15) is 5.75 Å². The predicted octanol–water partition coefficient (Wildman–Crippen LogP) is 2.05. The Labute approximate surface area is 136 Å². The van der Waals surface area contributed by atoms with Crippen LogP contribution in [0.15, 0.2) is 47.9 Å². The second kappa shape index (κ2) is 7.63. The topological polar surface area (TPSA) is 88.1 Å². The molecule has 3 N–H and O–H groups in total. The van der Waals surface area contributed by atoms with E-state index in [0.29, 0.717) is 21.4 Å². The number of H-pyrrole nitrogens is 1. The van der Waals surface area contributed by atoms with Gasteiger partial charge in [0, 0.05) is 22.7 Å². The summed E-state index contributed by atoms with van der Waals surface area (Å²) in [5, 5.41) is 4.31. The lowest BCUT2D eigenvalue weighted by atomic mass is 10.2. The first-order valence-electron chi connectivity index (χ1n) is 6.14. The molecule has 0 fully saturated rings. The van der Waals surface area contributed by atoms with Crippen molar-refractivity contribution in [3.63, 3.8) is 0 Å². The Hall–Kier alpha value is -2.31. The second-order valence-electron chi connectivity index (χ2n) is 4.09. The third-order valence-corrected chi connectivity index (χ3v) is 3.03. The number of pyridine rings is 1. The van der Waals surface area contributed by atoms with Gasteiger partial charge in [0.25, 0.3) is 0 Å². The van der Waals surface area contributed by atoms with Gasteiger partial charge < -0.3 is 15.3 Å². The van der Waals surface area contributed by atoms with Crippen LogP contribution in [0.5, 0.6) is 5.75 Å². The molecule has 0 saturated carbocycles. The van der Waals surface area contributed by atoms with Gasteiger partial charge in [-0.3, -0.25) is 0 Å². The molecule has 0 atom stereocenters. The Kier molecular flexibility index (Phi) is 5.57. The number of aromatic nitrogens is 1. The van der Waals surface area contributed by atoms with Crippen molar-refractivity contribution in [3.05, 3.63) is 58.3 Å². The molecule has 0 saturated heterocycles. The first kappa shape index (κ1) is 16.1. The molecule has 0 bridgehead atoms. The molecule has 2 rings (SSSR count). The van der Waals surface area contributed by atoms with Crippen LogP contribution < -0.4 is 15.5 Å². The van der Waals surface area contributed by atoms with Gasteiger partial charge in [-0.2, -0.15) is 0 Å². The Morgan fingerprint density at radius 3 is 2.64 bits per heavy atom. The number of halogens is 2. The largest absolute Gasteiger partial charge is 0.480 e. The molecule has 0 unspecified atom stereocenters. The predicted molar refractivity (Wildman–Crippen MR) is 81.8 cm³/mol. The number of oxime groups is 1. The van der Waals surface area contributed by atoms with Gasteiger partial charge in [-0.1, -0.05) is 28.4 Å². The smallest absolute Gasteiger partial charge is 0.372 e. The lowest BCUT2D eigenvalue weighted by Gasteiger charge is -2.06. The molecule has 22 heavy (non-hydrogen) atoms. The van der Waals surface area contributed by atoms with Crippen LogP contribution in [0.1, 0.15) is 5.56 Å². The molecule has 0 amide bonds. The number of amidine groups is 1. The average molecular weight is 341 g/mol. The standard InChI is InChI=1S/C14H11Cl2N3O3/c15-10-1-2-12(11(16)7-10)21-8-13(20)22-19-14(17)9-3-5-18-6-4-9/h1-7H,8H2,(H2,17,19)/p+1. The average Bonchev–Trinajstić information content (AvgIpc) is 2.52. The van der Waals surface area contributed by atoms with Gasteiger partial charge in [-0.15, -0.1) is 0 Å². The number of ether oxygens (including phenoxy) is 1. The van der Waals surface area contributed by atoms with Gasteiger partial charge in [-0.05, 0) is 18.2 Å². The summed E-state index contributed by atoms with van der Waals surface area (Å²) in [6.45, 7) is -0.360. The first-order valence-corrected chi connectivity index (χ1v) is 6.89. The van der Waals surface area contributed by atoms with E-state index in [1.807, 2.05) is 0 Å². The van der Waals surface area contributed by atoms with Gasteiger partial charge >= 0.3 is 5.97 Å². The normalized spacial score (nSPS) is 11.1. The van der Waals surface area contributed by atoms with Crippen molar-refractivity contribution in [2.45, 2.75) is 0 Å². The fourth-order valence-electron chi connectivity index (χ4n) is 1.47. The number of nitrogens with zero attached hydrogens (tertiary/aromatic N) is 1. The zero-order valence-electron chi connectivity index (χ0n) is 11.3. The first-order chi connectivity index (χ1) is 10.6. The summed E-state index contributed by atoms with van der Waals surface area (Å²) in [6, 6.07) is 8.03. The van der Waals surface area contributed by atoms with Gasteiger partial charge in [-0.25, -0.2) is 9.78 Å². The summed E-state index contributed by atoms with van der Waals surface area (Å²) >= 11 is 11.7. The molecule has 0 aliphatic carbocycles. The number of rotatable bonds is 5. The van der Waals surface area contributed by atoms with Crippen molar-refractivity contribution in [3.8, 4) is 5.75 Å². The van der Waals surface area contributed by atoms with E-state index in [4.69, 9.17) is 33.7 Å². The third-order valence-electron chi connectivity index (χ3n) is 2.50. The number of carbonyl (C=O) groups excluding carboxylic acids is 1. The van der Waals surface area contributed by atoms with E-state index in [2.05, 4.69) is 15.0 Å². The highest BCUT2D eigenvalue weighted by Gasteiger charge is 2.08. The molecule has 0 aliphatic rings. The van der Waals surface area contributed by atoms with E-state index in [1.165, 1.54) is 6.07 Å². The molecule has 8 heteroatoms. The van der Waals surface area contributed by atoms with E-state index in [9.17, 15) is 4.79 Å². The van der Waals surface area contributed by atoms with Crippen LogP contribution in [0.3, 0.4) is 0 Å². The molecule has 0 spiro atoms. The minimum atomic E-state index is -0.712. The van der Waals surface area contributed by atoms with E-state index >= 15 is 0 Å². The van der Waals surface area contributed by atoms with Gasteiger partial charge in [0.15, 0.2) is 24.8 Å². The maximum Gasteiger partial charge on any atom is 0.372 e. The van der Waals surface area contributed by atoms with Gasteiger partial charge in [0.2, 0.25) is 0 Å². The fraction of sp³-hybridized carbons (Fsp3) is 0.0714. The minimum absolute atomic E-state index is 0.0758. The van der Waals surface area contributed by atoms with Crippen molar-refractivity contribution in [2.24, 2.45) is 10.9 Å². The molecule has 2 aromatic rings. The molecule has 1 aromatic heterocycles. The Balaban J connectivity index is 1.88. The van der Waals surface area contributed by atoms with E-state index in [1.54, 1.807) is 36.7 Å². The van der Waals surface area contributed by atoms with E-state index in [-0.39, 0.29) is 12.4 Å². The SMILES string of the molecule is NC(=NOC(=O)COc1ccc(Cl)cc1Cl)c1cc[nH+]cc1. The Bertz CT molecular complexity index is 693. The maximum atomic E-state index is 11.5. The number of aromatic amines is 1. The molecule has 6 nitrogen and oxygen atoms in total. The van der Waals surface area contributed by atoms with Crippen LogP contribution in [0.2, 0.25) is 10.0 Å². The number of nitrogens with one attached hydrogen (secondary N) is 1. The van der Waals surface area contributed by atoms with Crippen LogP contribution in [0.25, 0.3) is 0 Å². The maximum absolute atomic E-state index is 11.5. The van der Waals surface area contributed by atoms with E-state index in [0.717, 1.165) is 0 Å². The highest BCUT2D eigenvalue weighted by molar-refractivity contribution is 6.35. The van der Waals surface area contributed by atoms with Crippen molar-refractivity contribution in [2.75, 3.05) is 6.61 Å². The number of hydrogen-bond donors (Lipinski definition) is 1. The fourth-order valence-corrected chi connectivity index (χ4v) is 1.93. The zero-order chi connectivity index (χ0) is 15.9. The van der Waals surface area contributed by atoms with Crippen LogP contribution in [0, 0.1) is 0 Å². The lowest BCUT2D eigenvalue weighted by Crippen LogP contribution is -2.18. The minimum Gasteiger partial charge on any atom is -0.480 e. The number of benzene rings is 1. The summed E-state index contributed by atoms with van der Waals surface area (Å²) in [5.41, 5.74) is 6.29. The molecule has 0 radical (unpaired) electrons. The monoisotopic (exact) mass is 340 g/mol.